The van der Waals surface area contributed by atoms with Crippen molar-refractivity contribution in [2.45, 2.75) is 58.3 Å². The van der Waals surface area contributed by atoms with Gasteiger partial charge >= 0.3 is 0 Å². The Morgan fingerprint density at radius 1 is 0.862 bits per heavy atom. The van der Waals surface area contributed by atoms with Gasteiger partial charge in [-0.3, -0.25) is 0 Å². The summed E-state index contributed by atoms with van der Waals surface area (Å²) in [5.41, 5.74) is 4.08. The lowest BCUT2D eigenvalue weighted by Crippen LogP contribution is -2.13. The largest absolute Gasteiger partial charge is 0.206 e. The first-order valence-electron chi connectivity index (χ1n) is 10.9. The Labute approximate surface area is 174 Å². The van der Waals surface area contributed by atoms with E-state index < -0.39 is 0 Å². The Kier molecular flexibility index (Phi) is 6.00. The smallest absolute Gasteiger partial charge is 0.133 e. The third-order valence-electron chi connectivity index (χ3n) is 6.42. The molecule has 3 aromatic rings. The summed E-state index contributed by atoms with van der Waals surface area (Å²) in [6.07, 6.45) is 8.10. The third-order valence-corrected chi connectivity index (χ3v) is 6.42. The van der Waals surface area contributed by atoms with E-state index in [1.54, 1.807) is 6.92 Å². The molecule has 0 atom stereocenters. The van der Waals surface area contributed by atoms with Gasteiger partial charge in [0, 0.05) is 16.5 Å². The average Bonchev–Trinajstić information content (AvgIpc) is 2.76. The van der Waals surface area contributed by atoms with Crippen LogP contribution in [-0.4, -0.2) is 0 Å². The van der Waals surface area contributed by atoms with Crippen molar-refractivity contribution in [3.05, 3.63) is 82.7 Å². The van der Waals surface area contributed by atoms with E-state index in [4.69, 9.17) is 0 Å². The Morgan fingerprint density at radius 2 is 1.55 bits per heavy atom. The van der Waals surface area contributed by atoms with Crippen LogP contribution in [0.3, 0.4) is 0 Å². The van der Waals surface area contributed by atoms with Gasteiger partial charge in [0.2, 0.25) is 0 Å². The monoisotopic (exact) mass is 384 g/mol. The van der Waals surface area contributed by atoms with Crippen LogP contribution in [0.15, 0.2) is 54.6 Å². The molecule has 148 valence electrons. The molecule has 0 N–H and O–H groups in total. The van der Waals surface area contributed by atoms with Crippen LogP contribution in [-0.2, 0) is 0 Å². The second kappa shape index (κ2) is 8.83. The topological polar surface area (TPSA) is 0 Å². The fourth-order valence-corrected chi connectivity index (χ4v) is 4.65. The Bertz CT molecular complexity index is 1040. The number of benzene rings is 3. The van der Waals surface area contributed by atoms with Crippen molar-refractivity contribution >= 4 is 10.8 Å². The van der Waals surface area contributed by atoms with Gasteiger partial charge in [-0.1, -0.05) is 61.9 Å². The first kappa shape index (κ1) is 19.7. The molecule has 0 amide bonds. The van der Waals surface area contributed by atoms with E-state index in [1.165, 1.54) is 44.1 Å². The highest BCUT2D eigenvalue weighted by molar-refractivity contribution is 5.85. The van der Waals surface area contributed by atoms with Crippen molar-refractivity contribution in [2.75, 3.05) is 0 Å². The fraction of sp³-hybridized carbons (Fsp3) is 0.357. The Hall–Kier alpha value is -2.59. The van der Waals surface area contributed by atoms with Gasteiger partial charge in [-0.15, -0.1) is 0 Å². The van der Waals surface area contributed by atoms with E-state index >= 15 is 0 Å². The maximum atomic E-state index is 14.2. The lowest BCUT2D eigenvalue weighted by molar-refractivity contribution is 0.308. The second-order valence-electron chi connectivity index (χ2n) is 8.51. The molecule has 1 aliphatic carbocycles. The summed E-state index contributed by atoms with van der Waals surface area (Å²) in [5.74, 6) is 8.01. The second-order valence-corrected chi connectivity index (χ2v) is 8.51. The maximum absolute atomic E-state index is 14.2. The van der Waals surface area contributed by atoms with Crippen LogP contribution in [0.5, 0.6) is 0 Å². The van der Waals surface area contributed by atoms with Gasteiger partial charge in [-0.2, -0.15) is 0 Å². The van der Waals surface area contributed by atoms with E-state index in [2.05, 4.69) is 43.0 Å². The van der Waals surface area contributed by atoms with Crippen LogP contribution in [0.1, 0.15) is 73.6 Å². The molecule has 0 saturated heterocycles. The maximum Gasteiger partial charge on any atom is 0.133 e. The molecule has 0 heterocycles. The molecule has 0 nitrogen and oxygen atoms in total. The van der Waals surface area contributed by atoms with Crippen molar-refractivity contribution < 1.29 is 4.39 Å². The molecule has 0 aromatic heterocycles. The van der Waals surface area contributed by atoms with Crippen molar-refractivity contribution in [3.8, 4) is 11.8 Å². The van der Waals surface area contributed by atoms with E-state index in [-0.39, 0.29) is 5.82 Å². The van der Waals surface area contributed by atoms with Crippen LogP contribution in [0.25, 0.3) is 10.8 Å². The van der Waals surface area contributed by atoms with E-state index in [0.29, 0.717) is 16.9 Å². The van der Waals surface area contributed by atoms with Crippen LogP contribution >= 0.6 is 0 Å². The molecule has 1 saturated carbocycles. The normalized spacial score (nSPS) is 19.0. The minimum atomic E-state index is -0.138. The molecule has 3 aromatic carbocycles. The standard InChI is InChI=1S/C28H29F/c1-3-4-21-8-14-24(15-9-21)25-16-10-22(11-17-25)6-7-23-12-18-27-26(19-23)13-5-20(2)28(27)29/h5,10-13,16-19,21,24H,3-4,8-9,14-15H2,1-2H3. The van der Waals surface area contributed by atoms with Gasteiger partial charge < -0.3 is 0 Å². The number of rotatable bonds is 3. The molecular formula is C28H29F. The fourth-order valence-electron chi connectivity index (χ4n) is 4.65. The summed E-state index contributed by atoms with van der Waals surface area (Å²) in [7, 11) is 0. The van der Waals surface area contributed by atoms with Gasteiger partial charge in [0.25, 0.3) is 0 Å². The molecule has 0 radical (unpaired) electrons. The first-order valence-corrected chi connectivity index (χ1v) is 10.9. The third kappa shape index (κ3) is 4.54. The molecular weight excluding hydrogens is 355 g/mol. The summed E-state index contributed by atoms with van der Waals surface area (Å²) in [6.45, 7) is 4.09. The summed E-state index contributed by atoms with van der Waals surface area (Å²) in [5, 5.41) is 1.56. The van der Waals surface area contributed by atoms with Gasteiger partial charge in [-0.25, -0.2) is 4.39 Å². The number of fused-ring (bicyclic) bond motifs is 1. The van der Waals surface area contributed by atoms with Crippen LogP contribution in [0.2, 0.25) is 0 Å². The molecule has 0 aliphatic heterocycles. The molecule has 29 heavy (non-hydrogen) atoms. The molecule has 1 heteroatoms. The van der Waals surface area contributed by atoms with Gasteiger partial charge in [0.1, 0.15) is 5.82 Å². The Balaban J connectivity index is 1.45. The minimum Gasteiger partial charge on any atom is -0.206 e. The van der Waals surface area contributed by atoms with Crippen molar-refractivity contribution in [3.63, 3.8) is 0 Å². The number of halogens is 1. The van der Waals surface area contributed by atoms with Crippen LogP contribution < -0.4 is 0 Å². The zero-order chi connectivity index (χ0) is 20.2. The molecule has 1 aliphatic rings. The highest BCUT2D eigenvalue weighted by Crippen LogP contribution is 2.37. The van der Waals surface area contributed by atoms with Crippen molar-refractivity contribution in [1.29, 1.82) is 0 Å². The predicted octanol–water partition coefficient (Wildman–Crippen LogP) is 7.76. The molecule has 0 bridgehead atoms. The molecule has 0 unspecified atom stereocenters. The number of hydrogen-bond donors (Lipinski definition) is 0. The van der Waals surface area contributed by atoms with Crippen LogP contribution in [0.4, 0.5) is 4.39 Å². The van der Waals surface area contributed by atoms with E-state index in [0.717, 1.165) is 22.4 Å². The number of aryl methyl sites for hydroxylation is 1. The molecule has 4 rings (SSSR count). The van der Waals surface area contributed by atoms with Gasteiger partial charge in [0.05, 0.1) is 0 Å². The van der Waals surface area contributed by atoms with E-state index in [1.807, 2.05) is 30.3 Å². The van der Waals surface area contributed by atoms with Gasteiger partial charge in [0.15, 0.2) is 0 Å². The predicted molar refractivity (Wildman–Crippen MR) is 121 cm³/mol. The Morgan fingerprint density at radius 3 is 2.28 bits per heavy atom. The zero-order valence-corrected chi connectivity index (χ0v) is 17.5. The van der Waals surface area contributed by atoms with Crippen molar-refractivity contribution in [1.82, 2.24) is 0 Å². The first-order chi connectivity index (χ1) is 14.1. The summed E-state index contributed by atoms with van der Waals surface area (Å²) >= 11 is 0. The van der Waals surface area contributed by atoms with Crippen LogP contribution in [0, 0.1) is 30.5 Å². The highest BCUT2D eigenvalue weighted by atomic mass is 19.1. The minimum absolute atomic E-state index is 0.138. The molecule has 0 spiro atoms. The lowest BCUT2D eigenvalue weighted by atomic mass is 9.77. The highest BCUT2D eigenvalue weighted by Gasteiger charge is 2.21. The quantitative estimate of drug-likeness (QED) is 0.405. The zero-order valence-electron chi connectivity index (χ0n) is 17.5. The van der Waals surface area contributed by atoms with E-state index in [9.17, 15) is 4.39 Å². The summed E-state index contributed by atoms with van der Waals surface area (Å²) in [6, 6.07) is 18.3. The molecule has 1 fully saturated rings. The van der Waals surface area contributed by atoms with Gasteiger partial charge in [-0.05, 0) is 85.2 Å². The average molecular weight is 385 g/mol. The number of hydrogen-bond acceptors (Lipinski definition) is 0. The van der Waals surface area contributed by atoms with Crippen molar-refractivity contribution in [2.24, 2.45) is 5.92 Å². The lowest BCUT2D eigenvalue weighted by Gasteiger charge is -2.28. The summed E-state index contributed by atoms with van der Waals surface area (Å²) in [4.78, 5) is 0. The summed E-state index contributed by atoms with van der Waals surface area (Å²) < 4.78 is 14.2. The SMILES string of the molecule is CCCC1CCC(c2ccc(C#Cc3ccc4c(F)c(C)ccc4c3)cc2)CC1.